The number of fused-ring (bicyclic) bond motifs is 2. The number of nitrogens with one attached hydrogen (secondary N) is 2. The zero-order valence-corrected chi connectivity index (χ0v) is 14.0. The largest absolute Gasteiger partial charge is 0.358 e. The maximum absolute atomic E-state index is 12.9. The first kappa shape index (κ1) is 14.9. The molecule has 1 aromatic carbocycles. The highest BCUT2D eigenvalue weighted by Gasteiger charge is 2.27. The lowest BCUT2D eigenvalue weighted by Gasteiger charge is -2.23. The van der Waals surface area contributed by atoms with Crippen molar-refractivity contribution in [3.63, 3.8) is 0 Å². The van der Waals surface area contributed by atoms with Crippen molar-refractivity contribution in [3.05, 3.63) is 47.2 Å². The van der Waals surface area contributed by atoms with E-state index >= 15 is 0 Å². The summed E-state index contributed by atoms with van der Waals surface area (Å²) in [6, 6.07) is 7.82. The summed E-state index contributed by atoms with van der Waals surface area (Å²) in [5, 5.41) is 8.63. The van der Waals surface area contributed by atoms with Crippen LogP contribution in [-0.4, -0.2) is 25.7 Å². The van der Waals surface area contributed by atoms with Gasteiger partial charge in [0, 0.05) is 29.6 Å². The number of amides is 1. The lowest BCUT2D eigenvalue weighted by Crippen LogP contribution is -2.33. The highest BCUT2D eigenvalue weighted by Crippen LogP contribution is 2.26. The van der Waals surface area contributed by atoms with Gasteiger partial charge < -0.3 is 10.3 Å². The monoisotopic (exact) mass is 323 g/mol. The predicted octanol–water partition coefficient (Wildman–Crippen LogP) is 2.90. The lowest BCUT2D eigenvalue weighted by atomic mass is 10.1. The normalized spacial score (nSPS) is 17.0. The minimum Gasteiger partial charge on any atom is -0.358 e. The molecule has 1 aliphatic rings. The van der Waals surface area contributed by atoms with E-state index in [1.807, 2.05) is 42.8 Å². The lowest BCUT2D eigenvalue weighted by molar-refractivity contribution is 0.0928. The summed E-state index contributed by atoms with van der Waals surface area (Å²) in [7, 11) is 0. The molecular weight excluding hydrogens is 302 g/mol. The molecule has 2 N–H and O–H groups in total. The Bertz CT molecular complexity index is 907. The fraction of sp³-hybridized carbons (Fsp3) is 0.389. The maximum atomic E-state index is 12.9. The molecule has 0 spiro atoms. The topological polar surface area (TPSA) is 75.6 Å². The Hall–Kier alpha value is -2.63. The second kappa shape index (κ2) is 5.78. The van der Waals surface area contributed by atoms with Gasteiger partial charge in [0.1, 0.15) is 5.82 Å². The summed E-state index contributed by atoms with van der Waals surface area (Å²) in [5.41, 5.74) is 2.60. The number of rotatable bonds is 3. The van der Waals surface area contributed by atoms with Crippen LogP contribution in [0.15, 0.2) is 24.3 Å². The number of nitrogens with zero attached hydrogens (tertiary/aromatic N) is 3. The van der Waals surface area contributed by atoms with Crippen molar-refractivity contribution >= 4 is 16.8 Å². The number of hydrogen-bond acceptors (Lipinski definition) is 3. The van der Waals surface area contributed by atoms with Gasteiger partial charge in [0.15, 0.2) is 5.82 Å². The van der Waals surface area contributed by atoms with Crippen molar-refractivity contribution in [2.45, 2.75) is 45.7 Å². The van der Waals surface area contributed by atoms with E-state index < -0.39 is 0 Å². The Kier molecular flexibility index (Phi) is 3.59. The number of H-pyrrole nitrogens is 1. The Morgan fingerprint density at radius 1 is 1.42 bits per heavy atom. The van der Waals surface area contributed by atoms with Gasteiger partial charge in [0.05, 0.1) is 11.6 Å². The molecule has 0 aliphatic carbocycles. The molecule has 6 heteroatoms. The van der Waals surface area contributed by atoms with Crippen LogP contribution in [-0.2, 0) is 13.0 Å². The Balaban J connectivity index is 1.65. The average molecular weight is 323 g/mol. The molecule has 0 saturated heterocycles. The molecule has 0 saturated carbocycles. The molecule has 124 valence electrons. The molecular formula is C18H21N5O. The van der Waals surface area contributed by atoms with Crippen molar-refractivity contribution in [2.75, 3.05) is 0 Å². The van der Waals surface area contributed by atoms with Gasteiger partial charge in [-0.1, -0.05) is 25.1 Å². The average Bonchev–Trinajstić information content (AvgIpc) is 3.15. The molecule has 1 aliphatic heterocycles. The second-order valence-corrected chi connectivity index (χ2v) is 6.30. The first-order chi connectivity index (χ1) is 11.7. The first-order valence-corrected chi connectivity index (χ1v) is 8.49. The number of hydrogen-bond donors (Lipinski definition) is 2. The highest BCUT2D eigenvalue weighted by molar-refractivity contribution is 6.08. The number of benzene rings is 1. The van der Waals surface area contributed by atoms with Crippen molar-refractivity contribution in [1.82, 2.24) is 25.1 Å². The van der Waals surface area contributed by atoms with Crippen LogP contribution >= 0.6 is 0 Å². The quantitative estimate of drug-likeness (QED) is 0.778. The summed E-state index contributed by atoms with van der Waals surface area (Å²) in [4.78, 5) is 20.8. The molecule has 0 fully saturated rings. The summed E-state index contributed by atoms with van der Waals surface area (Å²) < 4.78 is 1.94. The highest BCUT2D eigenvalue weighted by atomic mass is 16.1. The number of carbonyl (C=O) groups is 1. The minimum absolute atomic E-state index is 0.0514. The Morgan fingerprint density at radius 2 is 2.25 bits per heavy atom. The van der Waals surface area contributed by atoms with E-state index in [-0.39, 0.29) is 11.9 Å². The Morgan fingerprint density at radius 3 is 3.08 bits per heavy atom. The van der Waals surface area contributed by atoms with Gasteiger partial charge in [0.25, 0.3) is 5.91 Å². The third kappa shape index (κ3) is 2.38. The van der Waals surface area contributed by atoms with Gasteiger partial charge in [-0.2, -0.15) is 5.10 Å². The van der Waals surface area contributed by atoms with Gasteiger partial charge in [-0.3, -0.25) is 4.79 Å². The zero-order chi connectivity index (χ0) is 16.7. The van der Waals surface area contributed by atoms with Crippen molar-refractivity contribution in [1.29, 1.82) is 0 Å². The molecule has 3 heterocycles. The van der Waals surface area contributed by atoms with Gasteiger partial charge >= 0.3 is 0 Å². The number of aromatic nitrogens is 4. The molecule has 4 rings (SSSR count). The minimum atomic E-state index is -0.0767. The van der Waals surface area contributed by atoms with Crippen LogP contribution < -0.4 is 5.32 Å². The van der Waals surface area contributed by atoms with E-state index in [0.717, 1.165) is 59.6 Å². The Labute approximate surface area is 140 Å². The molecule has 0 radical (unpaired) electrons. The third-order valence-corrected chi connectivity index (χ3v) is 4.66. The van der Waals surface area contributed by atoms with Crippen molar-refractivity contribution in [2.24, 2.45) is 0 Å². The molecule has 2 aromatic heterocycles. The fourth-order valence-corrected chi connectivity index (χ4v) is 3.49. The van der Waals surface area contributed by atoms with Crippen molar-refractivity contribution < 1.29 is 4.79 Å². The molecule has 1 atom stereocenters. The van der Waals surface area contributed by atoms with Crippen LogP contribution in [0.3, 0.4) is 0 Å². The van der Waals surface area contributed by atoms with Crippen LogP contribution in [0.5, 0.6) is 0 Å². The van der Waals surface area contributed by atoms with Gasteiger partial charge in [-0.15, -0.1) is 0 Å². The fourth-order valence-electron chi connectivity index (χ4n) is 3.49. The van der Waals surface area contributed by atoms with E-state index in [1.165, 1.54) is 0 Å². The maximum Gasteiger partial charge on any atom is 0.254 e. The van der Waals surface area contributed by atoms with Crippen LogP contribution in [0.2, 0.25) is 0 Å². The van der Waals surface area contributed by atoms with Gasteiger partial charge in [-0.05, 0) is 25.8 Å². The summed E-state index contributed by atoms with van der Waals surface area (Å²) in [5.74, 6) is 1.67. The van der Waals surface area contributed by atoms with E-state index in [0.29, 0.717) is 0 Å². The van der Waals surface area contributed by atoms with E-state index in [2.05, 4.69) is 20.4 Å². The van der Waals surface area contributed by atoms with E-state index in [1.54, 1.807) is 0 Å². The zero-order valence-electron chi connectivity index (χ0n) is 14.0. The molecule has 6 nitrogen and oxygen atoms in total. The standard InChI is InChI=1S/C18H21N5O/c1-3-15-21-17-14(9-6-10-23(17)22-15)20-18(24)16-11(2)19-13-8-5-4-7-12(13)16/h4-5,7-8,14,19H,3,6,9-10H2,1-2H3,(H,20,24)/t14-/m1/s1. The van der Waals surface area contributed by atoms with Gasteiger partial charge in [-0.25, -0.2) is 9.67 Å². The molecule has 0 bridgehead atoms. The molecule has 0 unspecified atom stereocenters. The smallest absolute Gasteiger partial charge is 0.254 e. The van der Waals surface area contributed by atoms with Crippen LogP contribution in [0.1, 0.15) is 53.5 Å². The summed E-state index contributed by atoms with van der Waals surface area (Å²) >= 11 is 0. The number of aryl methyl sites for hydroxylation is 3. The summed E-state index contributed by atoms with van der Waals surface area (Å²) in [6.45, 7) is 4.86. The van der Waals surface area contributed by atoms with Crippen LogP contribution in [0.4, 0.5) is 0 Å². The molecule has 24 heavy (non-hydrogen) atoms. The molecule has 1 amide bonds. The first-order valence-electron chi connectivity index (χ1n) is 8.49. The van der Waals surface area contributed by atoms with E-state index in [4.69, 9.17) is 0 Å². The van der Waals surface area contributed by atoms with Crippen molar-refractivity contribution in [3.8, 4) is 0 Å². The van der Waals surface area contributed by atoms with Crippen LogP contribution in [0, 0.1) is 6.92 Å². The summed E-state index contributed by atoms with van der Waals surface area (Å²) in [6.07, 6.45) is 2.70. The number of aromatic amines is 1. The predicted molar refractivity (Wildman–Crippen MR) is 91.9 cm³/mol. The van der Waals surface area contributed by atoms with Crippen LogP contribution in [0.25, 0.3) is 10.9 Å². The third-order valence-electron chi connectivity index (χ3n) is 4.66. The SMILES string of the molecule is CCc1nc2n(n1)CCC[C@H]2NC(=O)c1c(C)[nH]c2ccccc12. The number of carbonyl (C=O) groups excluding carboxylic acids is 1. The molecule has 3 aromatic rings. The second-order valence-electron chi connectivity index (χ2n) is 6.30. The van der Waals surface area contributed by atoms with Gasteiger partial charge in [0.2, 0.25) is 0 Å². The van der Waals surface area contributed by atoms with E-state index in [9.17, 15) is 4.79 Å². The number of para-hydroxylation sites is 1.